The second-order valence-electron chi connectivity index (χ2n) is 5.64. The minimum absolute atomic E-state index is 0.113. The average molecular weight is 302 g/mol. The van der Waals surface area contributed by atoms with E-state index in [-0.39, 0.29) is 6.04 Å². The molecule has 0 unspecified atom stereocenters. The van der Waals surface area contributed by atoms with Crippen molar-refractivity contribution in [1.29, 1.82) is 0 Å². The van der Waals surface area contributed by atoms with Crippen LogP contribution in [0.1, 0.15) is 51.2 Å². The third kappa shape index (κ3) is 2.87. The molecule has 0 amide bonds. The summed E-state index contributed by atoms with van der Waals surface area (Å²) in [5, 5.41) is 3.93. The number of aryl methyl sites for hydroxylation is 1. The molecule has 1 N–H and O–H groups in total. The number of hydrogen-bond acceptors (Lipinski definition) is 5. The summed E-state index contributed by atoms with van der Waals surface area (Å²) < 4.78 is 34.0. The molecule has 1 fully saturated rings. The molecule has 1 aliphatic rings. The highest BCUT2D eigenvalue weighted by Crippen LogP contribution is 2.38. The van der Waals surface area contributed by atoms with Crippen LogP contribution in [0.3, 0.4) is 0 Å². The van der Waals surface area contributed by atoms with Gasteiger partial charge >= 0.3 is 0 Å². The molecule has 0 aliphatic heterocycles. The summed E-state index contributed by atoms with van der Waals surface area (Å²) in [7, 11) is -2.01. The molecule has 1 aliphatic carbocycles. The van der Waals surface area contributed by atoms with E-state index in [0.29, 0.717) is 24.6 Å². The Morgan fingerprint density at radius 3 is 2.40 bits per heavy atom. The van der Waals surface area contributed by atoms with Gasteiger partial charge in [0.05, 0.1) is 5.54 Å². The third-order valence-electron chi connectivity index (χ3n) is 3.84. The molecule has 1 saturated carbocycles. The second-order valence-corrected chi connectivity index (χ2v) is 7.37. The summed E-state index contributed by atoms with van der Waals surface area (Å²) >= 11 is 0. The van der Waals surface area contributed by atoms with Gasteiger partial charge in [0.25, 0.3) is 10.2 Å². The lowest BCUT2D eigenvalue weighted by molar-refractivity contribution is 0.322. The van der Waals surface area contributed by atoms with Crippen LogP contribution in [0, 0.1) is 6.92 Å². The zero-order valence-corrected chi connectivity index (χ0v) is 13.2. The summed E-state index contributed by atoms with van der Waals surface area (Å²) in [5.41, 5.74) is -0.736. The molecule has 1 aromatic heterocycles. The van der Waals surface area contributed by atoms with Crippen molar-refractivity contribution in [3.8, 4) is 0 Å². The molecular weight excluding hydrogens is 280 g/mol. The number of aromatic nitrogens is 2. The van der Waals surface area contributed by atoms with Gasteiger partial charge in [0.15, 0.2) is 5.82 Å². The Labute approximate surface area is 119 Å². The van der Waals surface area contributed by atoms with E-state index in [1.165, 1.54) is 4.31 Å². The van der Waals surface area contributed by atoms with E-state index in [9.17, 15) is 8.42 Å². The normalized spacial score (nSPS) is 19.1. The molecule has 0 spiro atoms. The van der Waals surface area contributed by atoms with E-state index in [1.807, 2.05) is 13.8 Å². The third-order valence-corrected chi connectivity index (χ3v) is 5.67. The first kappa shape index (κ1) is 15.4. The van der Waals surface area contributed by atoms with Gasteiger partial charge < -0.3 is 4.52 Å². The maximum atomic E-state index is 12.4. The van der Waals surface area contributed by atoms with Crippen molar-refractivity contribution in [3.05, 3.63) is 11.7 Å². The summed E-state index contributed by atoms with van der Waals surface area (Å²) in [6.07, 6.45) is 3.28. The molecule has 0 aromatic carbocycles. The molecule has 1 heterocycles. The number of nitrogens with zero attached hydrogens (tertiary/aromatic N) is 3. The summed E-state index contributed by atoms with van der Waals surface area (Å²) in [6.45, 7) is 5.37. The summed E-state index contributed by atoms with van der Waals surface area (Å²) in [5.74, 6) is 0.885. The van der Waals surface area contributed by atoms with Crippen LogP contribution in [0.5, 0.6) is 0 Å². The second kappa shape index (κ2) is 5.42. The van der Waals surface area contributed by atoms with Gasteiger partial charge in [0.2, 0.25) is 5.89 Å². The molecule has 8 heteroatoms. The van der Waals surface area contributed by atoms with Gasteiger partial charge in [-0.15, -0.1) is 0 Å². The highest BCUT2D eigenvalue weighted by molar-refractivity contribution is 7.87. The van der Waals surface area contributed by atoms with Crippen LogP contribution in [0.4, 0.5) is 0 Å². The zero-order valence-electron chi connectivity index (χ0n) is 12.4. The van der Waals surface area contributed by atoms with Crippen molar-refractivity contribution in [1.82, 2.24) is 19.2 Å². The maximum absolute atomic E-state index is 12.4. The average Bonchev–Trinajstić information content (AvgIpc) is 2.97. The van der Waals surface area contributed by atoms with Crippen molar-refractivity contribution in [2.45, 2.75) is 58.0 Å². The highest BCUT2D eigenvalue weighted by atomic mass is 32.2. The summed E-state index contributed by atoms with van der Waals surface area (Å²) in [4.78, 5) is 4.23. The van der Waals surface area contributed by atoms with Gasteiger partial charge in [-0.3, -0.25) is 0 Å². The van der Waals surface area contributed by atoms with E-state index in [2.05, 4.69) is 14.9 Å². The predicted molar refractivity (Wildman–Crippen MR) is 74.1 cm³/mol. The fourth-order valence-electron chi connectivity index (χ4n) is 2.44. The Morgan fingerprint density at radius 1 is 1.35 bits per heavy atom. The standard InChI is InChI=1S/C12H22N4O3S/c1-9(2)16(4)20(17,18)15-12(7-5-6-8-12)11-13-10(3)19-14-11/h9,15H,5-8H2,1-4H3. The van der Waals surface area contributed by atoms with Crippen LogP contribution in [-0.2, 0) is 15.7 Å². The molecule has 7 nitrogen and oxygen atoms in total. The summed E-state index contributed by atoms with van der Waals surface area (Å²) in [6, 6.07) is -0.113. The Balaban J connectivity index is 2.31. The molecule has 0 radical (unpaired) electrons. The molecule has 0 saturated heterocycles. The van der Waals surface area contributed by atoms with E-state index >= 15 is 0 Å². The van der Waals surface area contributed by atoms with E-state index in [0.717, 1.165) is 12.8 Å². The van der Waals surface area contributed by atoms with Crippen LogP contribution >= 0.6 is 0 Å². The fourth-order valence-corrected chi connectivity index (χ4v) is 3.93. The minimum Gasteiger partial charge on any atom is -0.340 e. The van der Waals surface area contributed by atoms with E-state index in [1.54, 1.807) is 14.0 Å². The van der Waals surface area contributed by atoms with Crippen molar-refractivity contribution in [3.63, 3.8) is 0 Å². The highest BCUT2D eigenvalue weighted by Gasteiger charge is 2.44. The first-order valence-electron chi connectivity index (χ1n) is 6.84. The predicted octanol–water partition coefficient (Wildman–Crippen LogP) is 1.32. The number of hydrogen-bond donors (Lipinski definition) is 1. The van der Waals surface area contributed by atoms with Crippen molar-refractivity contribution in [2.75, 3.05) is 7.05 Å². The number of rotatable bonds is 5. The molecule has 2 rings (SSSR count). The lowest BCUT2D eigenvalue weighted by Gasteiger charge is -2.30. The first-order valence-corrected chi connectivity index (χ1v) is 8.28. The van der Waals surface area contributed by atoms with Gasteiger partial charge in [-0.1, -0.05) is 18.0 Å². The Bertz CT molecular complexity index is 561. The van der Waals surface area contributed by atoms with Gasteiger partial charge in [0, 0.05) is 20.0 Å². The van der Waals surface area contributed by atoms with Crippen LogP contribution in [-0.4, -0.2) is 36.0 Å². The Morgan fingerprint density at radius 2 is 1.95 bits per heavy atom. The maximum Gasteiger partial charge on any atom is 0.280 e. The zero-order chi connectivity index (χ0) is 15.0. The molecule has 20 heavy (non-hydrogen) atoms. The van der Waals surface area contributed by atoms with Crippen molar-refractivity contribution >= 4 is 10.2 Å². The fraction of sp³-hybridized carbons (Fsp3) is 0.833. The van der Waals surface area contributed by atoms with Crippen molar-refractivity contribution < 1.29 is 12.9 Å². The Kier molecular flexibility index (Phi) is 4.17. The van der Waals surface area contributed by atoms with Crippen LogP contribution in [0.2, 0.25) is 0 Å². The topological polar surface area (TPSA) is 88.3 Å². The molecule has 1 aromatic rings. The molecular formula is C12H22N4O3S. The van der Waals surface area contributed by atoms with E-state index in [4.69, 9.17) is 4.52 Å². The van der Waals surface area contributed by atoms with Crippen LogP contribution in [0.25, 0.3) is 0 Å². The van der Waals surface area contributed by atoms with Gasteiger partial charge in [-0.25, -0.2) is 0 Å². The van der Waals surface area contributed by atoms with Gasteiger partial charge in [0.1, 0.15) is 0 Å². The molecule has 0 atom stereocenters. The van der Waals surface area contributed by atoms with Crippen molar-refractivity contribution in [2.24, 2.45) is 0 Å². The first-order chi connectivity index (χ1) is 9.27. The quantitative estimate of drug-likeness (QED) is 0.886. The molecule has 114 valence electrons. The van der Waals surface area contributed by atoms with Gasteiger partial charge in [-0.05, 0) is 26.7 Å². The lowest BCUT2D eigenvalue weighted by atomic mass is 9.99. The van der Waals surface area contributed by atoms with Crippen LogP contribution < -0.4 is 4.72 Å². The minimum atomic E-state index is -3.58. The van der Waals surface area contributed by atoms with E-state index < -0.39 is 15.7 Å². The van der Waals surface area contributed by atoms with Gasteiger partial charge in [-0.2, -0.15) is 22.4 Å². The van der Waals surface area contributed by atoms with Crippen LogP contribution in [0.15, 0.2) is 4.52 Å². The molecule has 0 bridgehead atoms. The SMILES string of the molecule is Cc1nc(C2(NS(=O)(=O)N(C)C(C)C)CCCC2)no1. The Hall–Kier alpha value is -0.990. The lowest BCUT2D eigenvalue weighted by Crippen LogP contribution is -2.51. The smallest absolute Gasteiger partial charge is 0.280 e. The largest absolute Gasteiger partial charge is 0.340 e. The monoisotopic (exact) mass is 302 g/mol. The number of nitrogens with one attached hydrogen (secondary N) is 1.